The summed E-state index contributed by atoms with van der Waals surface area (Å²) in [5.41, 5.74) is 13.2. The molecule has 14 heteroatoms. The van der Waals surface area contributed by atoms with Crippen molar-refractivity contribution in [1.82, 2.24) is 20.9 Å². The smallest absolute Gasteiger partial charge is 0.326 e. The third-order valence-corrected chi connectivity index (χ3v) is 6.57. The normalized spacial score (nSPS) is 13.9. The molecule has 4 atom stereocenters. The number of carboxylic acids is 1. The molecule has 4 amide bonds. The number of benzene rings is 2. The Kier molecular flexibility index (Phi) is 11.0. The van der Waals surface area contributed by atoms with Crippen molar-refractivity contribution < 1.29 is 39.3 Å². The van der Waals surface area contributed by atoms with Gasteiger partial charge in [0.15, 0.2) is 0 Å². The van der Waals surface area contributed by atoms with Crippen LogP contribution < -0.4 is 27.4 Å². The monoisotopic (exact) mass is 582 g/mol. The molecule has 1 heterocycles. The van der Waals surface area contributed by atoms with E-state index >= 15 is 0 Å². The quantitative estimate of drug-likeness (QED) is 0.104. The summed E-state index contributed by atoms with van der Waals surface area (Å²) in [5, 5.41) is 36.8. The van der Waals surface area contributed by atoms with Crippen molar-refractivity contribution in [2.24, 2.45) is 11.5 Å². The molecule has 3 rings (SSSR count). The van der Waals surface area contributed by atoms with E-state index in [0.29, 0.717) is 11.1 Å². The fraction of sp³-hybridized carbons (Fsp3) is 0.321. The van der Waals surface area contributed by atoms with Crippen LogP contribution in [0.4, 0.5) is 0 Å². The number of H-pyrrole nitrogens is 1. The highest BCUT2D eigenvalue weighted by Crippen LogP contribution is 2.19. The minimum Gasteiger partial charge on any atom is -0.508 e. The summed E-state index contributed by atoms with van der Waals surface area (Å²) >= 11 is 0. The number of phenols is 1. The van der Waals surface area contributed by atoms with E-state index in [0.717, 1.165) is 10.9 Å². The fourth-order valence-electron chi connectivity index (χ4n) is 4.27. The lowest BCUT2D eigenvalue weighted by Crippen LogP contribution is -2.58. The first kappa shape index (κ1) is 31.6. The van der Waals surface area contributed by atoms with E-state index in [9.17, 15) is 39.3 Å². The zero-order valence-corrected chi connectivity index (χ0v) is 22.6. The number of aliphatic hydroxyl groups is 1. The van der Waals surface area contributed by atoms with E-state index in [1.807, 2.05) is 12.1 Å². The van der Waals surface area contributed by atoms with Gasteiger partial charge in [0.1, 0.15) is 23.9 Å². The van der Waals surface area contributed by atoms with Crippen LogP contribution in [0.25, 0.3) is 10.9 Å². The maximum Gasteiger partial charge on any atom is 0.326 e. The summed E-state index contributed by atoms with van der Waals surface area (Å²) < 4.78 is 0. The molecule has 0 aliphatic heterocycles. The first-order valence-corrected chi connectivity index (χ1v) is 13.1. The molecule has 4 unspecified atom stereocenters. The summed E-state index contributed by atoms with van der Waals surface area (Å²) in [6.07, 6.45) is 1.06. The standard InChI is InChI=1S/C28H34N6O8/c29-19(11-15-5-7-17(36)8-6-15)25(38)34-23(14-35)27(40)32-21(9-10-24(30)37)26(39)33-22(28(41)42)12-16-13-31-20-4-2-1-3-18(16)20/h1-8,13,19,21-23,31,35-36H,9-12,14,29H2,(H2,30,37)(H,32,40)(H,33,39)(H,34,38)(H,41,42). The Labute approximate surface area is 240 Å². The maximum atomic E-state index is 13.1. The molecule has 11 N–H and O–H groups in total. The van der Waals surface area contributed by atoms with Crippen molar-refractivity contribution in [3.63, 3.8) is 0 Å². The van der Waals surface area contributed by atoms with Gasteiger partial charge in [-0.15, -0.1) is 0 Å². The van der Waals surface area contributed by atoms with Crippen LogP contribution in [-0.2, 0) is 36.8 Å². The highest BCUT2D eigenvalue weighted by Gasteiger charge is 2.30. The highest BCUT2D eigenvalue weighted by atomic mass is 16.4. The lowest BCUT2D eigenvalue weighted by Gasteiger charge is -2.24. The number of aromatic nitrogens is 1. The van der Waals surface area contributed by atoms with Crippen LogP contribution in [0, 0.1) is 0 Å². The number of nitrogens with two attached hydrogens (primary N) is 2. The van der Waals surface area contributed by atoms with E-state index < -0.39 is 60.4 Å². The van der Waals surface area contributed by atoms with Crippen molar-refractivity contribution >= 4 is 40.5 Å². The summed E-state index contributed by atoms with van der Waals surface area (Å²) in [7, 11) is 0. The van der Waals surface area contributed by atoms with Gasteiger partial charge in [0.05, 0.1) is 12.6 Å². The average Bonchev–Trinajstić information content (AvgIpc) is 3.36. The van der Waals surface area contributed by atoms with Gasteiger partial charge in [-0.3, -0.25) is 19.2 Å². The summed E-state index contributed by atoms with van der Waals surface area (Å²) in [4.78, 5) is 65.1. The Hall–Kier alpha value is -4.95. The minimum absolute atomic E-state index is 0.0383. The molecule has 42 heavy (non-hydrogen) atoms. The number of rotatable bonds is 15. The zero-order valence-electron chi connectivity index (χ0n) is 22.6. The van der Waals surface area contributed by atoms with Gasteiger partial charge >= 0.3 is 5.97 Å². The van der Waals surface area contributed by atoms with Crippen LogP contribution >= 0.6 is 0 Å². The number of amides is 4. The van der Waals surface area contributed by atoms with Crippen LogP contribution in [0.1, 0.15) is 24.0 Å². The molecular formula is C28H34N6O8. The van der Waals surface area contributed by atoms with E-state index in [4.69, 9.17) is 11.5 Å². The van der Waals surface area contributed by atoms with Gasteiger partial charge in [-0.05, 0) is 42.2 Å². The lowest BCUT2D eigenvalue weighted by atomic mass is 10.0. The third-order valence-electron chi connectivity index (χ3n) is 6.57. The number of aliphatic hydroxyl groups excluding tert-OH is 1. The number of primary amides is 1. The molecule has 224 valence electrons. The molecule has 0 saturated carbocycles. The first-order valence-electron chi connectivity index (χ1n) is 13.1. The molecule has 0 spiro atoms. The Morgan fingerprint density at radius 3 is 2.10 bits per heavy atom. The van der Waals surface area contributed by atoms with Gasteiger partial charge < -0.3 is 47.7 Å². The molecule has 2 aromatic carbocycles. The van der Waals surface area contributed by atoms with E-state index in [1.54, 1.807) is 30.5 Å². The predicted octanol–water partition coefficient (Wildman–Crippen LogP) is -1.22. The second-order valence-electron chi connectivity index (χ2n) is 9.75. The summed E-state index contributed by atoms with van der Waals surface area (Å²) in [5.74, 6) is -4.67. The van der Waals surface area contributed by atoms with E-state index in [1.165, 1.54) is 12.1 Å². The Balaban J connectivity index is 1.67. The van der Waals surface area contributed by atoms with Crippen LogP contribution in [0.5, 0.6) is 5.75 Å². The molecule has 0 aliphatic rings. The number of aromatic hydroxyl groups is 1. The molecule has 0 aliphatic carbocycles. The molecular weight excluding hydrogens is 548 g/mol. The number of para-hydroxylation sites is 1. The predicted molar refractivity (Wildman–Crippen MR) is 151 cm³/mol. The number of nitrogens with one attached hydrogen (secondary N) is 4. The number of hydrogen-bond acceptors (Lipinski definition) is 8. The number of carboxylic acid groups (broad SMARTS) is 1. The number of phenolic OH excluding ortho intramolecular Hbond substituents is 1. The molecule has 1 aromatic heterocycles. The fourth-order valence-corrected chi connectivity index (χ4v) is 4.27. The van der Waals surface area contributed by atoms with Gasteiger partial charge in [-0.2, -0.15) is 0 Å². The second kappa shape index (κ2) is 14.6. The van der Waals surface area contributed by atoms with Crippen molar-refractivity contribution in [2.45, 2.75) is 49.9 Å². The van der Waals surface area contributed by atoms with E-state index in [2.05, 4.69) is 20.9 Å². The Morgan fingerprint density at radius 2 is 1.45 bits per heavy atom. The number of hydrogen-bond donors (Lipinski definition) is 9. The first-order chi connectivity index (χ1) is 20.0. The van der Waals surface area contributed by atoms with Gasteiger partial charge in [-0.1, -0.05) is 30.3 Å². The van der Waals surface area contributed by atoms with Gasteiger partial charge in [-0.25, -0.2) is 4.79 Å². The molecule has 14 nitrogen and oxygen atoms in total. The second-order valence-corrected chi connectivity index (χ2v) is 9.75. The topological polar surface area (TPSA) is 250 Å². The summed E-state index contributed by atoms with van der Waals surface area (Å²) in [6.45, 7) is -0.841. The number of fused-ring (bicyclic) bond motifs is 1. The largest absolute Gasteiger partial charge is 0.508 e. The molecule has 0 bridgehead atoms. The van der Waals surface area contributed by atoms with Crippen molar-refractivity contribution in [2.75, 3.05) is 6.61 Å². The Morgan fingerprint density at radius 1 is 0.833 bits per heavy atom. The maximum absolute atomic E-state index is 13.1. The third kappa shape index (κ3) is 8.78. The van der Waals surface area contributed by atoms with Gasteiger partial charge in [0.2, 0.25) is 23.6 Å². The van der Waals surface area contributed by atoms with Crippen LogP contribution in [0.15, 0.2) is 54.7 Å². The van der Waals surface area contributed by atoms with Crippen LogP contribution in [-0.4, -0.2) is 80.7 Å². The highest BCUT2D eigenvalue weighted by molar-refractivity contribution is 5.94. The van der Waals surface area contributed by atoms with Crippen molar-refractivity contribution in [3.8, 4) is 5.75 Å². The Bertz CT molecular complexity index is 1420. The van der Waals surface area contributed by atoms with Crippen molar-refractivity contribution in [3.05, 3.63) is 65.9 Å². The number of carbonyl (C=O) groups excluding carboxylic acids is 4. The van der Waals surface area contributed by atoms with Crippen molar-refractivity contribution in [1.29, 1.82) is 0 Å². The minimum atomic E-state index is -1.51. The zero-order chi connectivity index (χ0) is 30.8. The number of aromatic amines is 1. The molecule has 0 saturated heterocycles. The molecule has 0 fully saturated rings. The number of carbonyl (C=O) groups is 5. The molecule has 3 aromatic rings. The summed E-state index contributed by atoms with van der Waals surface area (Å²) in [6, 6.07) is 7.83. The van der Waals surface area contributed by atoms with Gasteiger partial charge in [0, 0.05) is 29.9 Å². The molecule has 0 radical (unpaired) electrons. The van der Waals surface area contributed by atoms with E-state index in [-0.39, 0.29) is 31.4 Å². The lowest BCUT2D eigenvalue weighted by molar-refractivity contribution is -0.142. The van der Waals surface area contributed by atoms with Gasteiger partial charge in [0.25, 0.3) is 0 Å². The average molecular weight is 583 g/mol. The van der Waals surface area contributed by atoms with Crippen LogP contribution in [0.3, 0.4) is 0 Å². The SMILES string of the molecule is NC(=O)CCC(NC(=O)C(CO)NC(=O)C(N)Cc1ccc(O)cc1)C(=O)NC(Cc1c[nH]c2ccccc12)C(=O)O. The number of aliphatic carboxylic acids is 1. The van der Waals surface area contributed by atoms with Crippen LogP contribution in [0.2, 0.25) is 0 Å².